The molecule has 0 bridgehead atoms. The summed E-state index contributed by atoms with van der Waals surface area (Å²) in [5, 5.41) is 15.1. The van der Waals surface area contributed by atoms with E-state index in [1.54, 1.807) is 0 Å². The largest absolute Gasteiger partial charge is 0.394 e. The lowest BCUT2D eigenvalue weighted by molar-refractivity contribution is 0.115. The molecule has 2 rings (SSSR count). The van der Waals surface area contributed by atoms with E-state index >= 15 is 0 Å². The summed E-state index contributed by atoms with van der Waals surface area (Å²) in [6.45, 7) is 4.68. The lowest BCUT2D eigenvalue weighted by atomic mass is 9.81. The van der Waals surface area contributed by atoms with Crippen molar-refractivity contribution in [2.45, 2.75) is 93.7 Å². The van der Waals surface area contributed by atoms with Crippen LogP contribution in [-0.2, 0) is 0 Å². The van der Waals surface area contributed by atoms with Crippen LogP contribution in [0.5, 0.6) is 0 Å². The molecule has 2 N–H and O–H groups in total. The van der Waals surface area contributed by atoms with Gasteiger partial charge >= 0.3 is 0 Å². The number of rotatable bonds is 5. The average Bonchev–Trinajstić information content (AvgIpc) is 2.39. The highest BCUT2D eigenvalue weighted by atomic mass is 32.2. The molecule has 2 aliphatic carbocycles. The first-order chi connectivity index (χ1) is 9.13. The summed E-state index contributed by atoms with van der Waals surface area (Å²) < 4.78 is 0. The maximum absolute atomic E-state index is 9.84. The molecule has 2 saturated carbocycles. The SMILES string of the molecule is CC(C)NC1(CO)CCCC(SC2CCCCC2)C1. The zero-order chi connectivity index (χ0) is 13.7. The van der Waals surface area contributed by atoms with Gasteiger partial charge in [0.15, 0.2) is 0 Å². The zero-order valence-electron chi connectivity index (χ0n) is 12.7. The van der Waals surface area contributed by atoms with Crippen LogP contribution in [0.25, 0.3) is 0 Å². The molecule has 2 unspecified atom stereocenters. The molecule has 0 radical (unpaired) electrons. The van der Waals surface area contributed by atoms with Crippen LogP contribution in [0.2, 0.25) is 0 Å². The number of hydrogen-bond acceptors (Lipinski definition) is 3. The maximum atomic E-state index is 9.84. The van der Waals surface area contributed by atoms with Crippen LogP contribution >= 0.6 is 11.8 Å². The molecule has 0 aromatic carbocycles. The van der Waals surface area contributed by atoms with Crippen LogP contribution in [0, 0.1) is 0 Å². The van der Waals surface area contributed by atoms with Crippen molar-refractivity contribution < 1.29 is 5.11 Å². The number of nitrogens with one attached hydrogen (secondary N) is 1. The van der Waals surface area contributed by atoms with Crippen molar-refractivity contribution in [2.24, 2.45) is 0 Å². The Hall–Kier alpha value is 0.270. The highest BCUT2D eigenvalue weighted by Gasteiger charge is 2.37. The van der Waals surface area contributed by atoms with Crippen LogP contribution in [0.15, 0.2) is 0 Å². The minimum atomic E-state index is -0.00124. The van der Waals surface area contributed by atoms with Gasteiger partial charge in [0.1, 0.15) is 0 Å². The molecular formula is C16H31NOS. The third-order valence-electron chi connectivity index (χ3n) is 4.63. The summed E-state index contributed by atoms with van der Waals surface area (Å²) in [6.07, 6.45) is 12.1. The standard InChI is InChI=1S/C16H31NOS/c1-13(2)17-16(12-18)10-6-9-15(11-16)19-14-7-4-3-5-8-14/h13-15,17-18H,3-12H2,1-2H3. The Labute approximate surface area is 123 Å². The molecule has 112 valence electrons. The van der Waals surface area contributed by atoms with Crippen molar-refractivity contribution in [3.8, 4) is 0 Å². The van der Waals surface area contributed by atoms with Gasteiger partial charge in [-0.1, -0.05) is 39.5 Å². The fraction of sp³-hybridized carbons (Fsp3) is 1.00. The molecule has 0 amide bonds. The Kier molecular flexibility index (Phi) is 6.04. The molecule has 0 aromatic heterocycles. The van der Waals surface area contributed by atoms with E-state index in [1.165, 1.54) is 44.9 Å². The van der Waals surface area contributed by atoms with Crippen LogP contribution in [0.1, 0.15) is 71.6 Å². The van der Waals surface area contributed by atoms with Crippen LogP contribution in [-0.4, -0.2) is 33.8 Å². The van der Waals surface area contributed by atoms with E-state index < -0.39 is 0 Å². The first-order valence-electron chi connectivity index (χ1n) is 8.17. The molecule has 0 heterocycles. The highest BCUT2D eigenvalue weighted by molar-refractivity contribution is 8.00. The van der Waals surface area contributed by atoms with Crippen molar-refractivity contribution in [1.82, 2.24) is 5.32 Å². The van der Waals surface area contributed by atoms with Gasteiger partial charge in [0.25, 0.3) is 0 Å². The summed E-state index contributed by atoms with van der Waals surface area (Å²) >= 11 is 2.24. The molecule has 0 saturated heterocycles. The Morgan fingerprint density at radius 3 is 2.42 bits per heavy atom. The van der Waals surface area contributed by atoms with E-state index in [-0.39, 0.29) is 5.54 Å². The molecule has 2 aliphatic rings. The van der Waals surface area contributed by atoms with Crippen molar-refractivity contribution in [2.75, 3.05) is 6.61 Å². The van der Waals surface area contributed by atoms with E-state index in [9.17, 15) is 5.11 Å². The second kappa shape index (κ2) is 7.33. The number of hydrogen-bond donors (Lipinski definition) is 2. The first kappa shape index (κ1) is 15.7. The summed E-state index contributed by atoms with van der Waals surface area (Å²) in [5.74, 6) is 0. The monoisotopic (exact) mass is 285 g/mol. The van der Waals surface area contributed by atoms with Gasteiger partial charge in [0, 0.05) is 22.1 Å². The summed E-state index contributed by atoms with van der Waals surface area (Å²) in [5.41, 5.74) is -0.00124. The summed E-state index contributed by atoms with van der Waals surface area (Å²) in [7, 11) is 0. The number of aliphatic hydroxyl groups is 1. The molecule has 0 aliphatic heterocycles. The molecule has 2 fully saturated rings. The third kappa shape index (κ3) is 4.64. The molecular weight excluding hydrogens is 254 g/mol. The maximum Gasteiger partial charge on any atom is 0.0613 e. The number of aliphatic hydroxyl groups excluding tert-OH is 1. The van der Waals surface area contributed by atoms with Crippen LogP contribution in [0.4, 0.5) is 0 Å². The molecule has 2 atom stereocenters. The van der Waals surface area contributed by atoms with Crippen molar-refractivity contribution >= 4 is 11.8 Å². The summed E-state index contributed by atoms with van der Waals surface area (Å²) in [6, 6.07) is 0.464. The van der Waals surface area contributed by atoms with Gasteiger partial charge in [-0.05, 0) is 32.1 Å². The van der Waals surface area contributed by atoms with Crippen molar-refractivity contribution in [3.63, 3.8) is 0 Å². The minimum absolute atomic E-state index is 0.00124. The Balaban J connectivity index is 1.87. The van der Waals surface area contributed by atoms with Gasteiger partial charge in [0.05, 0.1) is 6.61 Å². The second-order valence-electron chi connectivity index (χ2n) is 6.85. The van der Waals surface area contributed by atoms with Gasteiger partial charge in [-0.15, -0.1) is 0 Å². The van der Waals surface area contributed by atoms with Gasteiger partial charge in [0.2, 0.25) is 0 Å². The van der Waals surface area contributed by atoms with Crippen LogP contribution in [0.3, 0.4) is 0 Å². The van der Waals surface area contributed by atoms with Crippen molar-refractivity contribution in [3.05, 3.63) is 0 Å². The fourth-order valence-corrected chi connectivity index (χ4v) is 5.70. The summed E-state index contributed by atoms with van der Waals surface area (Å²) in [4.78, 5) is 0. The molecule has 2 nitrogen and oxygen atoms in total. The predicted octanol–water partition coefficient (Wildman–Crippen LogP) is 3.72. The Morgan fingerprint density at radius 1 is 1.11 bits per heavy atom. The lowest BCUT2D eigenvalue weighted by Gasteiger charge is -2.42. The van der Waals surface area contributed by atoms with E-state index in [4.69, 9.17) is 0 Å². The average molecular weight is 285 g/mol. The zero-order valence-corrected chi connectivity index (χ0v) is 13.5. The van der Waals surface area contributed by atoms with Crippen molar-refractivity contribution in [1.29, 1.82) is 0 Å². The quantitative estimate of drug-likeness (QED) is 0.807. The van der Waals surface area contributed by atoms with Gasteiger partial charge < -0.3 is 10.4 Å². The molecule has 3 heteroatoms. The molecule has 0 spiro atoms. The van der Waals surface area contributed by atoms with Gasteiger partial charge in [-0.25, -0.2) is 0 Å². The third-order valence-corrected chi connectivity index (χ3v) is 6.28. The van der Waals surface area contributed by atoms with E-state index in [0.29, 0.717) is 12.6 Å². The van der Waals surface area contributed by atoms with Gasteiger partial charge in [-0.2, -0.15) is 11.8 Å². The highest BCUT2D eigenvalue weighted by Crippen LogP contribution is 2.40. The van der Waals surface area contributed by atoms with E-state index in [1.807, 2.05) is 0 Å². The van der Waals surface area contributed by atoms with E-state index in [2.05, 4.69) is 30.9 Å². The number of thioether (sulfide) groups is 1. The second-order valence-corrected chi connectivity index (χ2v) is 8.46. The normalized spacial score (nSPS) is 33.8. The fourth-order valence-electron chi connectivity index (χ4n) is 3.83. The van der Waals surface area contributed by atoms with E-state index in [0.717, 1.165) is 23.3 Å². The minimum Gasteiger partial charge on any atom is -0.394 e. The smallest absolute Gasteiger partial charge is 0.0613 e. The lowest BCUT2D eigenvalue weighted by Crippen LogP contribution is -2.54. The molecule has 0 aromatic rings. The predicted molar refractivity (Wildman–Crippen MR) is 84.8 cm³/mol. The topological polar surface area (TPSA) is 32.3 Å². The van der Waals surface area contributed by atoms with Crippen LogP contribution < -0.4 is 5.32 Å². The first-order valence-corrected chi connectivity index (χ1v) is 9.12. The Morgan fingerprint density at radius 2 is 1.79 bits per heavy atom. The Bertz CT molecular complexity index is 265. The van der Waals surface area contributed by atoms with Gasteiger partial charge in [-0.3, -0.25) is 0 Å². The molecule has 19 heavy (non-hydrogen) atoms.